The van der Waals surface area contributed by atoms with Gasteiger partial charge in [0.2, 0.25) is 0 Å². The highest BCUT2D eigenvalue weighted by Gasteiger charge is 2.08. The van der Waals surface area contributed by atoms with Gasteiger partial charge in [0.25, 0.3) is 0 Å². The molecule has 21 heavy (non-hydrogen) atoms. The Kier molecular flexibility index (Phi) is 4.11. The summed E-state index contributed by atoms with van der Waals surface area (Å²) >= 11 is 6.12. The zero-order valence-electron chi connectivity index (χ0n) is 11.9. The number of aryl methyl sites for hydroxylation is 1. The van der Waals surface area contributed by atoms with Crippen LogP contribution in [0.2, 0.25) is 0 Å². The molecule has 0 radical (unpaired) electrons. The smallest absolute Gasteiger partial charge is 0.124 e. The molecule has 0 fully saturated rings. The zero-order chi connectivity index (χ0) is 14.7. The van der Waals surface area contributed by atoms with Crippen LogP contribution in [0.3, 0.4) is 0 Å². The van der Waals surface area contributed by atoms with E-state index in [2.05, 4.69) is 23.3 Å². The van der Waals surface area contributed by atoms with Crippen LogP contribution in [0.25, 0.3) is 10.8 Å². The third-order valence-electron chi connectivity index (χ3n) is 3.54. The lowest BCUT2D eigenvalue weighted by Gasteiger charge is -2.12. The molecule has 0 saturated heterocycles. The predicted molar refractivity (Wildman–Crippen MR) is 85.9 cm³/mol. The van der Waals surface area contributed by atoms with Crippen molar-refractivity contribution in [3.8, 4) is 5.75 Å². The van der Waals surface area contributed by atoms with E-state index < -0.39 is 0 Å². The molecule has 0 aliphatic rings. The Morgan fingerprint density at radius 3 is 2.81 bits per heavy atom. The third kappa shape index (κ3) is 3.03. The van der Waals surface area contributed by atoms with E-state index in [1.807, 2.05) is 37.6 Å². The lowest BCUT2D eigenvalue weighted by molar-refractivity contribution is 0.320. The summed E-state index contributed by atoms with van der Waals surface area (Å²) in [4.78, 5) is 0. The van der Waals surface area contributed by atoms with Crippen molar-refractivity contribution in [2.45, 2.75) is 12.3 Å². The monoisotopic (exact) mass is 300 g/mol. The average Bonchev–Trinajstić information content (AvgIpc) is 2.92. The van der Waals surface area contributed by atoms with Crippen molar-refractivity contribution in [1.82, 2.24) is 9.78 Å². The summed E-state index contributed by atoms with van der Waals surface area (Å²) in [5.41, 5.74) is 2.23. The summed E-state index contributed by atoms with van der Waals surface area (Å²) in [7, 11) is 1.92. The summed E-state index contributed by atoms with van der Waals surface area (Å²) in [5, 5.41) is 6.50. The molecule has 0 aliphatic heterocycles. The Morgan fingerprint density at radius 2 is 2.05 bits per heavy atom. The SMILES string of the molecule is Cn1cc(CCOc2ccc3ccccc3c2CCl)cn1. The van der Waals surface area contributed by atoms with Crippen LogP contribution in [0.4, 0.5) is 0 Å². The second kappa shape index (κ2) is 6.19. The summed E-state index contributed by atoms with van der Waals surface area (Å²) in [5.74, 6) is 1.32. The van der Waals surface area contributed by atoms with Crippen molar-refractivity contribution in [2.75, 3.05) is 6.61 Å². The minimum absolute atomic E-state index is 0.448. The molecule has 0 N–H and O–H groups in total. The lowest BCUT2D eigenvalue weighted by Crippen LogP contribution is -2.03. The number of fused-ring (bicyclic) bond motifs is 1. The molecule has 0 atom stereocenters. The van der Waals surface area contributed by atoms with Crippen molar-refractivity contribution >= 4 is 22.4 Å². The van der Waals surface area contributed by atoms with Crippen LogP contribution < -0.4 is 4.74 Å². The first-order chi connectivity index (χ1) is 10.3. The van der Waals surface area contributed by atoms with Crippen LogP contribution in [0, 0.1) is 0 Å². The summed E-state index contributed by atoms with van der Waals surface area (Å²) in [6.07, 6.45) is 4.71. The highest BCUT2D eigenvalue weighted by molar-refractivity contribution is 6.18. The van der Waals surface area contributed by atoms with Gasteiger partial charge in [-0.1, -0.05) is 30.3 Å². The number of halogens is 1. The molecule has 3 rings (SSSR count). The molecule has 0 spiro atoms. The molecular formula is C17H17ClN2O. The number of ether oxygens (including phenoxy) is 1. The van der Waals surface area contributed by atoms with Crippen molar-refractivity contribution in [3.63, 3.8) is 0 Å². The molecule has 1 heterocycles. The first-order valence-corrected chi connectivity index (χ1v) is 7.48. The van der Waals surface area contributed by atoms with Gasteiger partial charge in [0.15, 0.2) is 0 Å². The normalized spacial score (nSPS) is 11.0. The van der Waals surface area contributed by atoms with Gasteiger partial charge in [0.1, 0.15) is 5.75 Å². The molecular weight excluding hydrogens is 284 g/mol. The van der Waals surface area contributed by atoms with Crippen molar-refractivity contribution in [2.24, 2.45) is 7.05 Å². The maximum absolute atomic E-state index is 6.12. The van der Waals surface area contributed by atoms with Crippen LogP contribution in [-0.2, 0) is 19.3 Å². The summed E-state index contributed by atoms with van der Waals surface area (Å²) < 4.78 is 7.73. The van der Waals surface area contributed by atoms with E-state index in [9.17, 15) is 0 Å². The fourth-order valence-corrected chi connectivity index (χ4v) is 2.74. The highest BCUT2D eigenvalue weighted by Crippen LogP contribution is 2.29. The zero-order valence-corrected chi connectivity index (χ0v) is 12.7. The molecule has 0 aliphatic carbocycles. The molecule has 0 bridgehead atoms. The van der Waals surface area contributed by atoms with Crippen LogP contribution >= 0.6 is 11.6 Å². The first-order valence-electron chi connectivity index (χ1n) is 6.95. The van der Waals surface area contributed by atoms with Crippen LogP contribution in [-0.4, -0.2) is 16.4 Å². The van der Waals surface area contributed by atoms with E-state index in [0.29, 0.717) is 12.5 Å². The molecule has 3 aromatic rings. The van der Waals surface area contributed by atoms with Crippen LogP contribution in [0.5, 0.6) is 5.75 Å². The fourth-order valence-electron chi connectivity index (χ4n) is 2.47. The molecule has 108 valence electrons. The number of hydrogen-bond acceptors (Lipinski definition) is 2. The third-order valence-corrected chi connectivity index (χ3v) is 3.81. The van der Waals surface area contributed by atoms with Gasteiger partial charge in [-0.15, -0.1) is 11.6 Å². The van der Waals surface area contributed by atoms with Crippen LogP contribution in [0.15, 0.2) is 48.8 Å². The van der Waals surface area contributed by atoms with Gasteiger partial charge in [-0.05, 0) is 22.4 Å². The fraction of sp³-hybridized carbons (Fsp3) is 0.235. The number of rotatable bonds is 5. The lowest BCUT2D eigenvalue weighted by atomic mass is 10.0. The van der Waals surface area contributed by atoms with Gasteiger partial charge in [-0.2, -0.15) is 5.10 Å². The number of aromatic nitrogens is 2. The highest BCUT2D eigenvalue weighted by atomic mass is 35.5. The largest absolute Gasteiger partial charge is 0.493 e. The van der Waals surface area contributed by atoms with Gasteiger partial charge in [0, 0.05) is 25.2 Å². The minimum atomic E-state index is 0.448. The molecule has 0 unspecified atom stereocenters. The van der Waals surface area contributed by atoms with Gasteiger partial charge in [-0.25, -0.2) is 0 Å². The van der Waals surface area contributed by atoms with Crippen LogP contribution in [0.1, 0.15) is 11.1 Å². The molecule has 2 aromatic carbocycles. The Hall–Kier alpha value is -2.00. The number of hydrogen-bond donors (Lipinski definition) is 0. The van der Waals surface area contributed by atoms with Crippen molar-refractivity contribution in [1.29, 1.82) is 0 Å². The molecule has 1 aromatic heterocycles. The maximum atomic E-state index is 6.12. The first kappa shape index (κ1) is 14.0. The second-order valence-electron chi connectivity index (χ2n) is 5.02. The van der Waals surface area contributed by atoms with Gasteiger partial charge >= 0.3 is 0 Å². The Labute approximate surface area is 129 Å². The Morgan fingerprint density at radius 1 is 1.19 bits per heavy atom. The maximum Gasteiger partial charge on any atom is 0.124 e. The Balaban J connectivity index is 1.77. The average molecular weight is 301 g/mol. The van der Waals surface area contributed by atoms with E-state index in [1.54, 1.807) is 4.68 Å². The van der Waals surface area contributed by atoms with E-state index in [4.69, 9.17) is 16.3 Å². The predicted octanol–water partition coefficient (Wildman–Crippen LogP) is 3.93. The van der Waals surface area contributed by atoms with Crippen molar-refractivity contribution in [3.05, 3.63) is 59.9 Å². The second-order valence-corrected chi connectivity index (χ2v) is 5.28. The van der Waals surface area contributed by atoms with Gasteiger partial charge in [0.05, 0.1) is 18.7 Å². The Bertz CT molecular complexity index is 751. The quantitative estimate of drug-likeness (QED) is 0.668. The van der Waals surface area contributed by atoms with E-state index in [0.717, 1.165) is 23.1 Å². The number of nitrogens with zero attached hydrogens (tertiary/aromatic N) is 2. The van der Waals surface area contributed by atoms with Crippen molar-refractivity contribution < 1.29 is 4.74 Å². The van der Waals surface area contributed by atoms with Gasteiger partial charge < -0.3 is 4.74 Å². The van der Waals surface area contributed by atoms with E-state index in [-0.39, 0.29) is 0 Å². The van der Waals surface area contributed by atoms with E-state index >= 15 is 0 Å². The minimum Gasteiger partial charge on any atom is -0.493 e. The molecule has 4 heteroatoms. The van der Waals surface area contributed by atoms with E-state index in [1.165, 1.54) is 10.9 Å². The standard InChI is InChI=1S/C17H17ClN2O/c1-20-12-13(11-19-20)8-9-21-17-7-6-14-4-2-3-5-15(14)16(17)10-18/h2-7,11-12H,8-10H2,1H3. The molecule has 0 amide bonds. The molecule has 0 saturated carbocycles. The molecule has 3 nitrogen and oxygen atoms in total. The summed E-state index contributed by atoms with van der Waals surface area (Å²) in [6, 6.07) is 12.3. The van der Waals surface area contributed by atoms with Gasteiger partial charge in [-0.3, -0.25) is 4.68 Å². The topological polar surface area (TPSA) is 27.1 Å². The summed E-state index contributed by atoms with van der Waals surface area (Å²) in [6.45, 7) is 0.619. The number of benzene rings is 2. The number of alkyl halides is 1.